The summed E-state index contributed by atoms with van der Waals surface area (Å²) in [5.41, 5.74) is 1.57. The molecule has 2 aromatic rings. The average molecular weight is 269 g/mol. The minimum absolute atomic E-state index is 0.0123. The number of nitro benzene ring substituents is 1. The first-order chi connectivity index (χ1) is 9.58. The second-order valence-electron chi connectivity index (χ2n) is 4.04. The van der Waals surface area contributed by atoms with Crippen molar-refractivity contribution in [1.29, 1.82) is 0 Å². The Kier molecular flexibility index (Phi) is 3.95. The lowest BCUT2D eigenvalue weighted by atomic mass is 10.1. The predicted octanol–water partition coefficient (Wildman–Crippen LogP) is 2.59. The van der Waals surface area contributed by atoms with Gasteiger partial charge in [0.05, 0.1) is 10.6 Å². The summed E-state index contributed by atoms with van der Waals surface area (Å²) in [6, 6.07) is 5.92. The molecule has 0 radical (unpaired) electrons. The van der Waals surface area contributed by atoms with E-state index < -0.39 is 4.92 Å². The molecule has 0 spiro atoms. The molecule has 1 heterocycles. The Morgan fingerprint density at radius 2 is 1.85 bits per heavy atom. The van der Waals surface area contributed by atoms with Crippen LogP contribution in [-0.4, -0.2) is 20.7 Å². The number of nitrogens with zero attached hydrogens (tertiary/aromatic N) is 3. The van der Waals surface area contributed by atoms with E-state index in [0.29, 0.717) is 17.0 Å². The van der Waals surface area contributed by atoms with E-state index in [4.69, 9.17) is 0 Å². The molecule has 6 heteroatoms. The summed E-state index contributed by atoms with van der Waals surface area (Å²) in [6.45, 7) is 1.71. The van der Waals surface area contributed by atoms with Crippen molar-refractivity contribution < 1.29 is 9.72 Å². The Balaban J connectivity index is 2.15. The summed E-state index contributed by atoms with van der Waals surface area (Å²) >= 11 is 0. The zero-order chi connectivity index (χ0) is 14.5. The molecule has 0 atom stereocenters. The van der Waals surface area contributed by atoms with Gasteiger partial charge in [-0.2, -0.15) is 0 Å². The second-order valence-corrected chi connectivity index (χ2v) is 4.04. The van der Waals surface area contributed by atoms with Crippen molar-refractivity contribution >= 4 is 17.5 Å². The lowest BCUT2D eigenvalue weighted by Gasteiger charge is -1.98. The normalized spacial score (nSPS) is 10.7. The van der Waals surface area contributed by atoms with Crippen LogP contribution in [0.1, 0.15) is 21.7 Å². The number of benzene rings is 1. The fraction of sp³-hybridized carbons (Fsp3) is 0.0714. The van der Waals surface area contributed by atoms with Crippen molar-refractivity contribution in [2.75, 3.05) is 0 Å². The van der Waals surface area contributed by atoms with Crippen molar-refractivity contribution in [3.63, 3.8) is 0 Å². The maximum atomic E-state index is 11.9. The highest BCUT2D eigenvalue weighted by Crippen LogP contribution is 2.13. The third-order valence-corrected chi connectivity index (χ3v) is 2.65. The summed E-state index contributed by atoms with van der Waals surface area (Å²) in [7, 11) is 0. The van der Waals surface area contributed by atoms with Gasteiger partial charge in [0.2, 0.25) is 5.78 Å². The van der Waals surface area contributed by atoms with Crippen molar-refractivity contribution in [1.82, 2.24) is 9.97 Å². The van der Waals surface area contributed by atoms with E-state index >= 15 is 0 Å². The molecule has 100 valence electrons. The molecule has 0 aliphatic carbocycles. The number of hydrogen-bond donors (Lipinski definition) is 0. The molecule has 0 aliphatic heterocycles. The highest BCUT2D eigenvalue weighted by molar-refractivity contribution is 6.06. The number of non-ortho nitro benzene ring substituents is 1. The second kappa shape index (κ2) is 5.83. The summed E-state index contributed by atoms with van der Waals surface area (Å²) in [5, 5.41) is 10.5. The molecule has 1 aromatic heterocycles. The minimum Gasteiger partial charge on any atom is -0.287 e. The third kappa shape index (κ3) is 3.11. The van der Waals surface area contributed by atoms with E-state index in [1.165, 1.54) is 30.6 Å². The predicted molar refractivity (Wildman–Crippen MR) is 73.2 cm³/mol. The Labute approximate surface area is 115 Å². The molecule has 20 heavy (non-hydrogen) atoms. The molecule has 0 saturated carbocycles. The summed E-state index contributed by atoms with van der Waals surface area (Å²) < 4.78 is 0. The molecule has 1 aromatic carbocycles. The van der Waals surface area contributed by atoms with E-state index in [1.54, 1.807) is 25.1 Å². The molecule has 0 unspecified atom stereocenters. The van der Waals surface area contributed by atoms with Gasteiger partial charge in [0.15, 0.2) is 0 Å². The van der Waals surface area contributed by atoms with Crippen LogP contribution in [0.25, 0.3) is 6.08 Å². The number of carbonyl (C=O) groups is 1. The van der Waals surface area contributed by atoms with E-state index in [1.807, 2.05) is 0 Å². The van der Waals surface area contributed by atoms with Gasteiger partial charge in [-0.1, -0.05) is 6.08 Å². The molecule has 0 N–H and O–H groups in total. The van der Waals surface area contributed by atoms with Gasteiger partial charge in [-0.15, -0.1) is 0 Å². The van der Waals surface area contributed by atoms with Crippen molar-refractivity contribution in [3.05, 3.63) is 69.8 Å². The van der Waals surface area contributed by atoms with Crippen LogP contribution in [0.5, 0.6) is 0 Å². The summed E-state index contributed by atoms with van der Waals surface area (Å²) in [6.07, 6.45) is 5.93. The summed E-state index contributed by atoms with van der Waals surface area (Å²) in [4.78, 5) is 29.9. The van der Waals surface area contributed by atoms with Crippen LogP contribution < -0.4 is 0 Å². The number of ketones is 1. The van der Waals surface area contributed by atoms with Gasteiger partial charge in [0.25, 0.3) is 5.69 Å². The van der Waals surface area contributed by atoms with Crippen LogP contribution >= 0.6 is 0 Å². The number of rotatable bonds is 4. The topological polar surface area (TPSA) is 86.0 Å². The lowest BCUT2D eigenvalue weighted by Crippen LogP contribution is -2.02. The summed E-state index contributed by atoms with van der Waals surface area (Å²) in [5.74, 6) is -0.256. The number of aromatic nitrogens is 2. The van der Waals surface area contributed by atoms with Gasteiger partial charge >= 0.3 is 0 Å². The first kappa shape index (κ1) is 13.5. The quantitative estimate of drug-likeness (QED) is 0.368. The van der Waals surface area contributed by atoms with Crippen LogP contribution in [0.3, 0.4) is 0 Å². The SMILES string of the molecule is Cc1nccnc1C(=O)/C=C/c1ccc([N+](=O)[O-])cc1. The molecular weight excluding hydrogens is 258 g/mol. The Hall–Kier alpha value is -2.89. The highest BCUT2D eigenvalue weighted by Gasteiger charge is 2.07. The maximum absolute atomic E-state index is 11.9. The van der Waals surface area contributed by atoms with Crippen LogP contribution in [-0.2, 0) is 0 Å². The first-order valence-electron chi connectivity index (χ1n) is 5.82. The number of carbonyl (C=O) groups excluding carboxylic acids is 1. The Morgan fingerprint density at radius 1 is 1.20 bits per heavy atom. The minimum atomic E-state index is -0.471. The van der Waals surface area contributed by atoms with Crippen molar-refractivity contribution in [2.24, 2.45) is 0 Å². The molecule has 0 aliphatic rings. The Bertz CT molecular complexity index is 678. The molecule has 2 rings (SSSR count). The number of aryl methyl sites for hydroxylation is 1. The fourth-order valence-electron chi connectivity index (χ4n) is 1.61. The van der Waals surface area contributed by atoms with Gasteiger partial charge < -0.3 is 0 Å². The van der Waals surface area contributed by atoms with Crippen molar-refractivity contribution in [3.8, 4) is 0 Å². The zero-order valence-electron chi connectivity index (χ0n) is 10.7. The average Bonchev–Trinajstić information content (AvgIpc) is 2.45. The van der Waals surface area contributed by atoms with E-state index in [-0.39, 0.29) is 11.5 Å². The number of allylic oxidation sites excluding steroid dienone is 1. The molecule has 0 saturated heterocycles. The van der Waals surface area contributed by atoms with Crippen LogP contribution in [0.15, 0.2) is 42.7 Å². The standard InChI is InChI=1S/C14H11N3O3/c1-10-14(16-9-8-15-10)13(18)7-4-11-2-5-12(6-3-11)17(19)20/h2-9H,1H3/b7-4+. The molecule has 0 amide bonds. The number of nitro groups is 1. The third-order valence-electron chi connectivity index (χ3n) is 2.65. The van der Waals surface area contributed by atoms with Crippen LogP contribution in [0.2, 0.25) is 0 Å². The van der Waals surface area contributed by atoms with E-state index in [2.05, 4.69) is 9.97 Å². The van der Waals surface area contributed by atoms with Gasteiger partial charge in [-0.25, -0.2) is 4.98 Å². The molecular formula is C14H11N3O3. The maximum Gasteiger partial charge on any atom is 0.269 e. The molecule has 0 fully saturated rings. The van der Waals surface area contributed by atoms with Crippen LogP contribution in [0.4, 0.5) is 5.69 Å². The molecule has 0 bridgehead atoms. The number of hydrogen-bond acceptors (Lipinski definition) is 5. The molecule has 6 nitrogen and oxygen atoms in total. The van der Waals surface area contributed by atoms with Crippen molar-refractivity contribution in [2.45, 2.75) is 6.92 Å². The van der Waals surface area contributed by atoms with Gasteiger partial charge in [-0.05, 0) is 30.7 Å². The zero-order valence-corrected chi connectivity index (χ0v) is 10.7. The fourth-order valence-corrected chi connectivity index (χ4v) is 1.61. The van der Waals surface area contributed by atoms with E-state index in [0.717, 1.165) is 0 Å². The Morgan fingerprint density at radius 3 is 2.45 bits per heavy atom. The lowest BCUT2D eigenvalue weighted by molar-refractivity contribution is -0.384. The van der Waals surface area contributed by atoms with Gasteiger partial charge in [-0.3, -0.25) is 19.9 Å². The van der Waals surface area contributed by atoms with E-state index in [9.17, 15) is 14.9 Å². The largest absolute Gasteiger partial charge is 0.287 e. The van der Waals surface area contributed by atoms with Gasteiger partial charge in [0, 0.05) is 24.5 Å². The van der Waals surface area contributed by atoms with Gasteiger partial charge in [0.1, 0.15) is 5.69 Å². The van der Waals surface area contributed by atoms with Crippen LogP contribution in [0, 0.1) is 17.0 Å². The highest BCUT2D eigenvalue weighted by atomic mass is 16.6. The smallest absolute Gasteiger partial charge is 0.269 e. The monoisotopic (exact) mass is 269 g/mol. The first-order valence-corrected chi connectivity index (χ1v) is 5.82.